The molecule has 0 unspecified atom stereocenters. The highest BCUT2D eigenvalue weighted by molar-refractivity contribution is 9.10. The van der Waals surface area contributed by atoms with Crippen LogP contribution in [-0.4, -0.2) is 35.4 Å². The third kappa shape index (κ3) is 6.20. The van der Waals surface area contributed by atoms with Gasteiger partial charge in [0, 0.05) is 18.2 Å². The summed E-state index contributed by atoms with van der Waals surface area (Å²) in [5, 5.41) is 5.10. The second kappa shape index (κ2) is 11.7. The van der Waals surface area contributed by atoms with Gasteiger partial charge in [0.1, 0.15) is 17.6 Å². The zero-order valence-corrected chi connectivity index (χ0v) is 21.4. The van der Waals surface area contributed by atoms with Crippen molar-refractivity contribution in [3.63, 3.8) is 0 Å². The maximum atomic E-state index is 14.4. The number of rotatable bonds is 8. The van der Waals surface area contributed by atoms with Gasteiger partial charge in [0.2, 0.25) is 5.91 Å². The van der Waals surface area contributed by atoms with E-state index in [2.05, 4.69) is 21.2 Å². The average molecular weight is 541 g/mol. The van der Waals surface area contributed by atoms with E-state index in [-0.39, 0.29) is 31.0 Å². The second-order valence-corrected chi connectivity index (χ2v) is 9.81. The van der Waals surface area contributed by atoms with Gasteiger partial charge in [-0.1, -0.05) is 67.8 Å². The van der Waals surface area contributed by atoms with E-state index in [1.54, 1.807) is 31.2 Å². The zero-order chi connectivity index (χ0) is 24.8. The van der Waals surface area contributed by atoms with E-state index in [1.807, 2.05) is 30.3 Å². The Labute approximate surface area is 213 Å². The molecule has 1 N–H and O–H groups in total. The Morgan fingerprint density at radius 3 is 2.54 bits per heavy atom. The molecule has 7 heteroatoms. The molecule has 0 saturated heterocycles. The molecule has 4 rings (SSSR count). The third-order valence-corrected chi connectivity index (χ3v) is 7.41. The van der Waals surface area contributed by atoms with E-state index < -0.39 is 11.9 Å². The topological polar surface area (TPSA) is 58.6 Å². The van der Waals surface area contributed by atoms with Gasteiger partial charge in [-0.3, -0.25) is 9.59 Å². The normalized spacial score (nSPS) is 14.9. The summed E-state index contributed by atoms with van der Waals surface area (Å²) < 4.78 is 21.1. The molecule has 5 nitrogen and oxygen atoms in total. The van der Waals surface area contributed by atoms with Crippen molar-refractivity contribution in [1.82, 2.24) is 10.2 Å². The molecule has 1 atom stereocenters. The number of hydrogen-bond acceptors (Lipinski definition) is 3. The van der Waals surface area contributed by atoms with Gasteiger partial charge < -0.3 is 15.0 Å². The molecule has 184 valence electrons. The molecule has 0 aliphatic heterocycles. The van der Waals surface area contributed by atoms with Crippen molar-refractivity contribution < 1.29 is 18.7 Å². The second-order valence-electron chi connectivity index (χ2n) is 9.02. The molecule has 1 aliphatic rings. The number of carbonyl (C=O) groups is 2. The summed E-state index contributed by atoms with van der Waals surface area (Å²) in [6.07, 6.45) is 5.25. The molecule has 0 bridgehead atoms. The highest BCUT2D eigenvalue weighted by Gasteiger charge is 2.29. The molecule has 0 radical (unpaired) electrons. The number of fused-ring (bicyclic) bond motifs is 1. The lowest BCUT2D eigenvalue weighted by Gasteiger charge is -2.31. The largest absolute Gasteiger partial charge is 0.483 e. The minimum Gasteiger partial charge on any atom is -0.483 e. The van der Waals surface area contributed by atoms with E-state index in [9.17, 15) is 14.0 Å². The summed E-state index contributed by atoms with van der Waals surface area (Å²) in [7, 11) is 0. The number of hydrogen-bond donors (Lipinski definition) is 1. The van der Waals surface area contributed by atoms with Crippen molar-refractivity contribution in [2.45, 2.75) is 57.7 Å². The van der Waals surface area contributed by atoms with Crippen molar-refractivity contribution in [1.29, 1.82) is 0 Å². The summed E-state index contributed by atoms with van der Waals surface area (Å²) in [4.78, 5) is 27.8. The average Bonchev–Trinajstić information content (AvgIpc) is 2.88. The molecular formula is C28H30BrFN2O3. The number of ether oxygens (including phenoxy) is 1. The first-order chi connectivity index (χ1) is 16.9. The first-order valence-electron chi connectivity index (χ1n) is 12.1. The molecule has 1 fully saturated rings. The van der Waals surface area contributed by atoms with Crippen LogP contribution in [0.15, 0.2) is 65.1 Å². The van der Waals surface area contributed by atoms with E-state index >= 15 is 0 Å². The molecule has 1 aliphatic carbocycles. The number of carbonyl (C=O) groups excluding carboxylic acids is 2. The number of amides is 2. The van der Waals surface area contributed by atoms with Gasteiger partial charge in [-0.25, -0.2) is 4.39 Å². The summed E-state index contributed by atoms with van der Waals surface area (Å²) in [6, 6.07) is 17.2. The molecule has 0 aromatic heterocycles. The molecule has 3 aromatic carbocycles. The third-order valence-electron chi connectivity index (χ3n) is 6.60. The highest BCUT2D eigenvalue weighted by Crippen LogP contribution is 2.33. The number of halogens is 2. The Bertz CT molecular complexity index is 1200. The quantitative estimate of drug-likeness (QED) is 0.382. The van der Waals surface area contributed by atoms with Crippen LogP contribution in [0.4, 0.5) is 4.39 Å². The highest BCUT2D eigenvalue weighted by atomic mass is 79.9. The van der Waals surface area contributed by atoms with Crippen LogP contribution < -0.4 is 10.1 Å². The van der Waals surface area contributed by atoms with Gasteiger partial charge in [0.15, 0.2) is 6.61 Å². The van der Waals surface area contributed by atoms with Crippen molar-refractivity contribution in [2.75, 3.05) is 6.61 Å². The van der Waals surface area contributed by atoms with E-state index in [0.717, 1.165) is 40.9 Å². The van der Waals surface area contributed by atoms with Crippen LogP contribution in [0.5, 0.6) is 5.75 Å². The molecule has 0 spiro atoms. The van der Waals surface area contributed by atoms with Gasteiger partial charge in [-0.2, -0.15) is 0 Å². The molecule has 2 amide bonds. The van der Waals surface area contributed by atoms with Crippen molar-refractivity contribution in [2.24, 2.45) is 0 Å². The Morgan fingerprint density at radius 2 is 1.77 bits per heavy atom. The van der Waals surface area contributed by atoms with E-state index in [4.69, 9.17) is 4.74 Å². The lowest BCUT2D eigenvalue weighted by Crippen LogP contribution is -2.51. The number of nitrogens with zero attached hydrogens (tertiary/aromatic N) is 1. The molecular weight excluding hydrogens is 511 g/mol. The Kier molecular flexibility index (Phi) is 8.39. The molecule has 3 aromatic rings. The van der Waals surface area contributed by atoms with Crippen LogP contribution >= 0.6 is 15.9 Å². The first kappa shape index (κ1) is 25.2. The fourth-order valence-electron chi connectivity index (χ4n) is 4.51. The van der Waals surface area contributed by atoms with Crippen LogP contribution in [0.2, 0.25) is 0 Å². The SMILES string of the molecule is C[C@@H](C(=O)NC1CCCCC1)N(Cc1ccccc1F)C(=O)COc1ccc2ccccc2c1Br. The maximum absolute atomic E-state index is 14.4. The zero-order valence-electron chi connectivity index (χ0n) is 19.8. The Balaban J connectivity index is 1.50. The van der Waals surface area contributed by atoms with Gasteiger partial charge in [0.25, 0.3) is 5.91 Å². The van der Waals surface area contributed by atoms with Crippen molar-refractivity contribution >= 4 is 38.5 Å². The fourth-order valence-corrected chi connectivity index (χ4v) is 5.12. The van der Waals surface area contributed by atoms with E-state index in [0.29, 0.717) is 11.3 Å². The smallest absolute Gasteiger partial charge is 0.261 e. The minimum atomic E-state index is -0.771. The molecule has 0 heterocycles. The van der Waals surface area contributed by atoms with Crippen molar-refractivity contribution in [3.8, 4) is 5.75 Å². The van der Waals surface area contributed by atoms with Crippen LogP contribution in [0, 0.1) is 5.82 Å². The molecule has 1 saturated carbocycles. The fraction of sp³-hybridized carbons (Fsp3) is 0.357. The van der Waals surface area contributed by atoms with Gasteiger partial charge in [-0.05, 0) is 58.6 Å². The molecule has 35 heavy (non-hydrogen) atoms. The van der Waals surface area contributed by atoms with E-state index in [1.165, 1.54) is 17.4 Å². The standard InChI is InChI=1S/C28H30BrFN2O3/c1-19(28(34)31-22-11-3-2-4-12-22)32(17-21-10-6-8-14-24(21)30)26(33)18-35-25-16-15-20-9-5-7-13-23(20)27(25)29/h5-10,13-16,19,22H,2-4,11-12,17-18H2,1H3,(H,31,34)/t19-/m0/s1. The van der Waals surface area contributed by atoms with Gasteiger partial charge in [0.05, 0.1) is 4.47 Å². The minimum absolute atomic E-state index is 0.0208. The van der Waals surface area contributed by atoms with Crippen LogP contribution in [0.3, 0.4) is 0 Å². The van der Waals surface area contributed by atoms with Crippen LogP contribution in [0.1, 0.15) is 44.6 Å². The Hall–Kier alpha value is -2.93. The van der Waals surface area contributed by atoms with Crippen LogP contribution in [-0.2, 0) is 16.1 Å². The first-order valence-corrected chi connectivity index (χ1v) is 12.9. The lowest BCUT2D eigenvalue weighted by molar-refractivity contribution is -0.142. The predicted octanol–water partition coefficient (Wildman–Crippen LogP) is 5.99. The monoisotopic (exact) mass is 540 g/mol. The lowest BCUT2D eigenvalue weighted by atomic mass is 9.95. The summed E-state index contributed by atoms with van der Waals surface area (Å²) in [5.74, 6) is -0.501. The predicted molar refractivity (Wildman–Crippen MR) is 139 cm³/mol. The van der Waals surface area contributed by atoms with Crippen molar-refractivity contribution in [3.05, 3.63) is 76.5 Å². The number of benzene rings is 3. The summed E-state index contributed by atoms with van der Waals surface area (Å²) >= 11 is 3.58. The number of nitrogens with one attached hydrogen (secondary N) is 1. The maximum Gasteiger partial charge on any atom is 0.261 e. The summed E-state index contributed by atoms with van der Waals surface area (Å²) in [5.41, 5.74) is 0.352. The van der Waals surface area contributed by atoms with Crippen LogP contribution in [0.25, 0.3) is 10.8 Å². The Morgan fingerprint density at radius 1 is 1.06 bits per heavy atom. The van der Waals surface area contributed by atoms with Gasteiger partial charge in [-0.15, -0.1) is 0 Å². The van der Waals surface area contributed by atoms with Gasteiger partial charge >= 0.3 is 0 Å². The summed E-state index contributed by atoms with van der Waals surface area (Å²) in [6.45, 7) is 1.39.